The average Bonchev–Trinajstić information content (AvgIpc) is 2.40. The molecule has 0 aliphatic carbocycles. The predicted octanol–water partition coefficient (Wildman–Crippen LogP) is 3.41. The van der Waals surface area contributed by atoms with Crippen molar-refractivity contribution in [2.75, 3.05) is 7.11 Å². The van der Waals surface area contributed by atoms with Crippen molar-refractivity contribution in [1.82, 2.24) is 0 Å². The standard InChI is InChI=1S/C15H16O2/c1-16-11-14-7-9-15(10-8-14)17-12-13-5-3-2-4-6-13/h2-10H,11-12H2,1H3. The predicted molar refractivity (Wildman–Crippen MR) is 67.9 cm³/mol. The lowest BCUT2D eigenvalue weighted by molar-refractivity contribution is 0.185. The second kappa shape index (κ2) is 6.06. The van der Waals surface area contributed by atoms with Gasteiger partial charge in [0, 0.05) is 7.11 Å². The van der Waals surface area contributed by atoms with Crippen LogP contribution in [0, 0.1) is 0 Å². The van der Waals surface area contributed by atoms with Crippen molar-refractivity contribution in [3.05, 3.63) is 65.7 Å². The highest BCUT2D eigenvalue weighted by atomic mass is 16.5. The van der Waals surface area contributed by atoms with Gasteiger partial charge in [0.25, 0.3) is 0 Å². The third kappa shape index (κ3) is 3.61. The summed E-state index contributed by atoms with van der Waals surface area (Å²) in [6.45, 7) is 1.24. The van der Waals surface area contributed by atoms with Crippen molar-refractivity contribution >= 4 is 0 Å². The number of benzene rings is 2. The van der Waals surface area contributed by atoms with Crippen LogP contribution in [0.25, 0.3) is 0 Å². The number of rotatable bonds is 5. The van der Waals surface area contributed by atoms with Crippen molar-refractivity contribution in [2.45, 2.75) is 13.2 Å². The van der Waals surface area contributed by atoms with Crippen LogP contribution < -0.4 is 4.74 Å². The van der Waals surface area contributed by atoms with Crippen LogP contribution in [0.3, 0.4) is 0 Å². The summed E-state index contributed by atoms with van der Waals surface area (Å²) in [6, 6.07) is 18.1. The van der Waals surface area contributed by atoms with Gasteiger partial charge in [-0.15, -0.1) is 0 Å². The van der Waals surface area contributed by atoms with Gasteiger partial charge in [-0.3, -0.25) is 0 Å². The molecule has 0 saturated heterocycles. The fourth-order valence-corrected chi connectivity index (χ4v) is 1.59. The molecule has 0 saturated carbocycles. The Hall–Kier alpha value is -1.80. The molecule has 0 aromatic heterocycles. The molecule has 0 unspecified atom stereocenters. The molecular weight excluding hydrogens is 212 g/mol. The van der Waals surface area contributed by atoms with E-state index in [-0.39, 0.29) is 0 Å². The number of hydrogen-bond donors (Lipinski definition) is 0. The maximum Gasteiger partial charge on any atom is 0.119 e. The third-order valence-corrected chi connectivity index (χ3v) is 2.48. The normalized spacial score (nSPS) is 10.2. The second-order valence-corrected chi connectivity index (χ2v) is 3.85. The van der Waals surface area contributed by atoms with Gasteiger partial charge in [0.15, 0.2) is 0 Å². The van der Waals surface area contributed by atoms with Gasteiger partial charge in [0.1, 0.15) is 12.4 Å². The molecule has 0 aliphatic heterocycles. The van der Waals surface area contributed by atoms with E-state index >= 15 is 0 Å². The molecule has 17 heavy (non-hydrogen) atoms. The molecule has 2 heteroatoms. The van der Waals surface area contributed by atoms with Gasteiger partial charge in [-0.1, -0.05) is 42.5 Å². The molecule has 0 atom stereocenters. The Kier molecular flexibility index (Phi) is 4.17. The zero-order valence-corrected chi connectivity index (χ0v) is 9.93. The fourth-order valence-electron chi connectivity index (χ4n) is 1.59. The van der Waals surface area contributed by atoms with E-state index in [0.29, 0.717) is 13.2 Å². The fraction of sp³-hybridized carbons (Fsp3) is 0.200. The maximum atomic E-state index is 5.68. The molecule has 2 nitrogen and oxygen atoms in total. The van der Waals surface area contributed by atoms with Crippen LogP contribution >= 0.6 is 0 Å². The lowest BCUT2D eigenvalue weighted by Crippen LogP contribution is -1.95. The zero-order chi connectivity index (χ0) is 11.9. The number of ether oxygens (including phenoxy) is 2. The van der Waals surface area contributed by atoms with Gasteiger partial charge in [-0.05, 0) is 23.3 Å². The Morgan fingerprint density at radius 1 is 0.765 bits per heavy atom. The third-order valence-electron chi connectivity index (χ3n) is 2.48. The molecule has 0 fully saturated rings. The van der Waals surface area contributed by atoms with E-state index in [1.807, 2.05) is 42.5 Å². The van der Waals surface area contributed by atoms with Gasteiger partial charge in [0.2, 0.25) is 0 Å². The summed E-state index contributed by atoms with van der Waals surface area (Å²) in [6.07, 6.45) is 0. The summed E-state index contributed by atoms with van der Waals surface area (Å²) in [7, 11) is 1.69. The van der Waals surface area contributed by atoms with Gasteiger partial charge in [-0.2, -0.15) is 0 Å². The quantitative estimate of drug-likeness (QED) is 0.780. The molecule has 0 amide bonds. The number of hydrogen-bond acceptors (Lipinski definition) is 2. The lowest BCUT2D eigenvalue weighted by Gasteiger charge is -2.07. The highest BCUT2D eigenvalue weighted by molar-refractivity contribution is 5.27. The first-order valence-electron chi connectivity index (χ1n) is 5.63. The summed E-state index contributed by atoms with van der Waals surface area (Å²) >= 11 is 0. The molecule has 0 radical (unpaired) electrons. The molecule has 0 aliphatic rings. The van der Waals surface area contributed by atoms with Crippen LogP contribution in [-0.4, -0.2) is 7.11 Å². The lowest BCUT2D eigenvalue weighted by atomic mass is 10.2. The van der Waals surface area contributed by atoms with Crippen molar-refractivity contribution < 1.29 is 9.47 Å². The summed E-state index contributed by atoms with van der Waals surface area (Å²) in [5.41, 5.74) is 2.33. The van der Waals surface area contributed by atoms with Crippen LogP contribution in [0.1, 0.15) is 11.1 Å². The van der Waals surface area contributed by atoms with Crippen LogP contribution in [0.2, 0.25) is 0 Å². The molecule has 88 valence electrons. The highest BCUT2D eigenvalue weighted by Gasteiger charge is 1.96. The molecule has 0 N–H and O–H groups in total. The van der Waals surface area contributed by atoms with Gasteiger partial charge < -0.3 is 9.47 Å². The number of methoxy groups -OCH3 is 1. The molecule has 2 rings (SSSR count). The molecule has 2 aromatic carbocycles. The Bertz CT molecular complexity index is 434. The summed E-state index contributed by atoms with van der Waals surface area (Å²) < 4.78 is 10.7. The highest BCUT2D eigenvalue weighted by Crippen LogP contribution is 2.14. The summed E-state index contributed by atoms with van der Waals surface area (Å²) in [5.74, 6) is 0.883. The van der Waals surface area contributed by atoms with Crippen LogP contribution in [0.5, 0.6) is 5.75 Å². The van der Waals surface area contributed by atoms with Crippen LogP contribution in [-0.2, 0) is 18.0 Å². The van der Waals surface area contributed by atoms with Crippen molar-refractivity contribution in [2.24, 2.45) is 0 Å². The van der Waals surface area contributed by atoms with Crippen LogP contribution in [0.4, 0.5) is 0 Å². The Morgan fingerprint density at radius 2 is 1.41 bits per heavy atom. The molecule has 0 bridgehead atoms. The van der Waals surface area contributed by atoms with Crippen molar-refractivity contribution in [3.63, 3.8) is 0 Å². The van der Waals surface area contributed by atoms with Crippen LogP contribution in [0.15, 0.2) is 54.6 Å². The van der Waals surface area contributed by atoms with E-state index in [4.69, 9.17) is 9.47 Å². The summed E-state index contributed by atoms with van der Waals surface area (Å²) in [4.78, 5) is 0. The minimum absolute atomic E-state index is 0.602. The average molecular weight is 228 g/mol. The first-order chi connectivity index (χ1) is 8.38. The minimum atomic E-state index is 0.602. The molecule has 2 aromatic rings. The molecule has 0 heterocycles. The second-order valence-electron chi connectivity index (χ2n) is 3.85. The first-order valence-corrected chi connectivity index (χ1v) is 5.63. The minimum Gasteiger partial charge on any atom is -0.489 e. The van der Waals surface area contributed by atoms with Crippen molar-refractivity contribution in [3.8, 4) is 5.75 Å². The Balaban J connectivity index is 1.91. The van der Waals surface area contributed by atoms with Gasteiger partial charge in [-0.25, -0.2) is 0 Å². The van der Waals surface area contributed by atoms with E-state index in [1.54, 1.807) is 7.11 Å². The van der Waals surface area contributed by atoms with E-state index in [0.717, 1.165) is 11.3 Å². The monoisotopic (exact) mass is 228 g/mol. The van der Waals surface area contributed by atoms with E-state index in [2.05, 4.69) is 12.1 Å². The van der Waals surface area contributed by atoms with Gasteiger partial charge >= 0.3 is 0 Å². The Morgan fingerprint density at radius 3 is 2.06 bits per heavy atom. The van der Waals surface area contributed by atoms with Crippen molar-refractivity contribution in [1.29, 1.82) is 0 Å². The molecular formula is C15H16O2. The van der Waals surface area contributed by atoms with Gasteiger partial charge in [0.05, 0.1) is 6.61 Å². The Labute approximate surface area is 102 Å². The van der Waals surface area contributed by atoms with E-state index in [1.165, 1.54) is 5.56 Å². The smallest absolute Gasteiger partial charge is 0.119 e. The maximum absolute atomic E-state index is 5.68. The zero-order valence-electron chi connectivity index (χ0n) is 9.93. The van der Waals surface area contributed by atoms with E-state index in [9.17, 15) is 0 Å². The topological polar surface area (TPSA) is 18.5 Å². The molecule has 0 spiro atoms. The largest absolute Gasteiger partial charge is 0.489 e. The SMILES string of the molecule is COCc1ccc(OCc2ccccc2)cc1. The first kappa shape index (κ1) is 11.7. The summed E-state index contributed by atoms with van der Waals surface area (Å²) in [5, 5.41) is 0. The van der Waals surface area contributed by atoms with E-state index < -0.39 is 0 Å².